The number of nitrogens with two attached hydrogens (primary N) is 1. The van der Waals surface area contributed by atoms with Crippen molar-refractivity contribution in [3.63, 3.8) is 0 Å². The van der Waals surface area contributed by atoms with Gasteiger partial charge in [-0.05, 0) is 37.1 Å². The van der Waals surface area contributed by atoms with Gasteiger partial charge in [-0.25, -0.2) is 0 Å². The molecule has 1 amide bonds. The van der Waals surface area contributed by atoms with Gasteiger partial charge in [0.05, 0.1) is 11.4 Å². The summed E-state index contributed by atoms with van der Waals surface area (Å²) in [6.07, 6.45) is 2.53. The maximum Gasteiger partial charge on any atom is 0.228 e. The molecule has 1 aromatic carbocycles. The van der Waals surface area contributed by atoms with E-state index in [1.54, 1.807) is 4.90 Å². The molecule has 0 bridgehead atoms. The van der Waals surface area contributed by atoms with Gasteiger partial charge in [-0.3, -0.25) is 4.79 Å². The summed E-state index contributed by atoms with van der Waals surface area (Å²) in [5, 5.41) is 0. The molecule has 2 rings (SSSR count). The Bertz CT molecular complexity index is 459. The highest BCUT2D eigenvalue weighted by molar-refractivity contribution is 5.98. The van der Waals surface area contributed by atoms with Crippen LogP contribution in [0.15, 0.2) is 18.2 Å². The smallest absolute Gasteiger partial charge is 0.228 e. The third-order valence-corrected chi connectivity index (χ3v) is 3.75. The van der Waals surface area contributed by atoms with E-state index < -0.39 is 0 Å². The van der Waals surface area contributed by atoms with Crippen LogP contribution in [0.5, 0.6) is 0 Å². The molecule has 0 saturated carbocycles. The van der Waals surface area contributed by atoms with E-state index in [1.165, 1.54) is 11.3 Å². The van der Waals surface area contributed by atoms with E-state index >= 15 is 0 Å². The summed E-state index contributed by atoms with van der Waals surface area (Å²) in [6, 6.07) is 6.38. The highest BCUT2D eigenvalue weighted by atomic mass is 16.2. The minimum atomic E-state index is 0.181. The van der Waals surface area contributed by atoms with Crippen LogP contribution >= 0.6 is 0 Å². The number of benzene rings is 1. The molecule has 1 aliphatic heterocycles. The first-order valence-corrected chi connectivity index (χ1v) is 7.02. The maximum absolute atomic E-state index is 12.0. The lowest BCUT2D eigenvalue weighted by Gasteiger charge is -2.26. The van der Waals surface area contributed by atoms with Crippen LogP contribution in [0.1, 0.15) is 25.3 Å². The van der Waals surface area contributed by atoms with E-state index in [9.17, 15) is 4.79 Å². The molecule has 4 heteroatoms. The van der Waals surface area contributed by atoms with Crippen molar-refractivity contribution < 1.29 is 4.79 Å². The molecule has 0 saturated heterocycles. The molecule has 0 aromatic heterocycles. The predicted octanol–water partition coefficient (Wildman–Crippen LogP) is 1.77. The first kappa shape index (κ1) is 13.9. The van der Waals surface area contributed by atoms with Gasteiger partial charge in [0, 0.05) is 26.6 Å². The van der Waals surface area contributed by atoms with Crippen LogP contribution in [0.4, 0.5) is 11.4 Å². The minimum Gasteiger partial charge on any atom is -0.369 e. The molecule has 1 aromatic rings. The summed E-state index contributed by atoms with van der Waals surface area (Å²) in [5.74, 6) is 0.181. The van der Waals surface area contributed by atoms with Gasteiger partial charge < -0.3 is 15.5 Å². The van der Waals surface area contributed by atoms with Crippen LogP contribution in [0.2, 0.25) is 0 Å². The number of carbonyl (C=O) groups excluding carboxylic acids is 1. The lowest BCUT2D eigenvalue weighted by molar-refractivity contribution is -0.118. The minimum absolute atomic E-state index is 0.181. The number of hydrogen-bond acceptors (Lipinski definition) is 3. The predicted molar refractivity (Wildman–Crippen MR) is 79.7 cm³/mol. The van der Waals surface area contributed by atoms with Crippen LogP contribution < -0.4 is 15.5 Å². The van der Waals surface area contributed by atoms with Gasteiger partial charge in [0.1, 0.15) is 0 Å². The molecule has 0 aliphatic carbocycles. The first-order chi connectivity index (χ1) is 9.17. The monoisotopic (exact) mass is 261 g/mol. The Labute approximate surface area is 115 Å². The zero-order valence-electron chi connectivity index (χ0n) is 11.9. The van der Waals surface area contributed by atoms with Gasteiger partial charge >= 0.3 is 0 Å². The summed E-state index contributed by atoms with van der Waals surface area (Å²) in [7, 11) is 1.86. The van der Waals surface area contributed by atoms with E-state index in [0.29, 0.717) is 13.0 Å². The molecule has 0 spiro atoms. The van der Waals surface area contributed by atoms with Crippen molar-refractivity contribution in [3.8, 4) is 0 Å². The largest absolute Gasteiger partial charge is 0.369 e. The molecule has 104 valence electrons. The average Bonchev–Trinajstić information content (AvgIpc) is 2.56. The zero-order chi connectivity index (χ0) is 13.8. The van der Waals surface area contributed by atoms with Crippen molar-refractivity contribution in [2.75, 3.05) is 36.5 Å². The number of aryl methyl sites for hydroxylation is 1. The quantitative estimate of drug-likeness (QED) is 0.898. The second-order valence-electron chi connectivity index (χ2n) is 5.01. The van der Waals surface area contributed by atoms with Crippen LogP contribution in [-0.2, 0) is 11.2 Å². The van der Waals surface area contributed by atoms with Crippen molar-refractivity contribution in [1.29, 1.82) is 0 Å². The number of amides is 1. The normalized spacial score (nSPS) is 15.4. The molecular weight excluding hydrogens is 238 g/mol. The fourth-order valence-electron chi connectivity index (χ4n) is 2.49. The molecule has 2 N–H and O–H groups in total. The molecule has 0 radical (unpaired) electrons. The summed E-state index contributed by atoms with van der Waals surface area (Å²) in [6.45, 7) is 4.53. The Morgan fingerprint density at radius 1 is 1.32 bits per heavy atom. The van der Waals surface area contributed by atoms with Crippen LogP contribution in [0.25, 0.3) is 0 Å². The molecule has 0 fully saturated rings. The Balaban J connectivity index is 2.39. The van der Waals surface area contributed by atoms with Crippen molar-refractivity contribution in [3.05, 3.63) is 23.8 Å². The van der Waals surface area contributed by atoms with Crippen LogP contribution in [0.3, 0.4) is 0 Å². The van der Waals surface area contributed by atoms with Gasteiger partial charge in [0.25, 0.3) is 0 Å². The number of carbonyl (C=O) groups is 1. The Morgan fingerprint density at radius 3 is 2.79 bits per heavy atom. The second kappa shape index (κ2) is 6.06. The third kappa shape index (κ3) is 2.89. The van der Waals surface area contributed by atoms with Crippen LogP contribution in [-0.4, -0.2) is 32.6 Å². The summed E-state index contributed by atoms with van der Waals surface area (Å²) in [5.41, 5.74) is 9.09. The fraction of sp³-hybridized carbons (Fsp3) is 0.533. The van der Waals surface area contributed by atoms with Crippen molar-refractivity contribution in [1.82, 2.24) is 0 Å². The van der Waals surface area contributed by atoms with Gasteiger partial charge in [-0.2, -0.15) is 0 Å². The highest BCUT2D eigenvalue weighted by Crippen LogP contribution is 2.33. The molecule has 4 nitrogen and oxygen atoms in total. The Hall–Kier alpha value is -1.55. The SMILES string of the molecule is CCc1ccc2c(c1)N(CCCN)CCC(=O)N2C. The lowest BCUT2D eigenvalue weighted by Crippen LogP contribution is -2.27. The number of hydrogen-bond donors (Lipinski definition) is 1. The molecule has 1 heterocycles. The zero-order valence-corrected chi connectivity index (χ0v) is 11.9. The van der Waals surface area contributed by atoms with E-state index in [2.05, 4.69) is 30.0 Å². The molecule has 1 aliphatic rings. The van der Waals surface area contributed by atoms with Crippen LogP contribution in [0, 0.1) is 0 Å². The summed E-state index contributed by atoms with van der Waals surface area (Å²) >= 11 is 0. The summed E-state index contributed by atoms with van der Waals surface area (Å²) in [4.78, 5) is 16.1. The standard InChI is InChI=1S/C15H23N3O/c1-3-12-5-6-13-14(11-12)18(9-4-8-16)10-7-15(19)17(13)2/h5-6,11H,3-4,7-10,16H2,1-2H3. The second-order valence-corrected chi connectivity index (χ2v) is 5.01. The van der Waals surface area contributed by atoms with E-state index in [4.69, 9.17) is 5.73 Å². The first-order valence-electron chi connectivity index (χ1n) is 7.02. The van der Waals surface area contributed by atoms with Crippen molar-refractivity contribution in [2.24, 2.45) is 5.73 Å². The molecule has 0 unspecified atom stereocenters. The van der Waals surface area contributed by atoms with E-state index in [0.717, 1.165) is 31.6 Å². The highest BCUT2D eigenvalue weighted by Gasteiger charge is 2.23. The third-order valence-electron chi connectivity index (χ3n) is 3.75. The molecule has 0 atom stereocenters. The Kier molecular flexibility index (Phi) is 4.43. The van der Waals surface area contributed by atoms with Gasteiger partial charge in [-0.1, -0.05) is 13.0 Å². The van der Waals surface area contributed by atoms with Gasteiger partial charge in [0.15, 0.2) is 0 Å². The van der Waals surface area contributed by atoms with Gasteiger partial charge in [-0.15, -0.1) is 0 Å². The van der Waals surface area contributed by atoms with E-state index in [1.807, 2.05) is 7.05 Å². The molecule has 19 heavy (non-hydrogen) atoms. The maximum atomic E-state index is 12.0. The number of nitrogens with zero attached hydrogens (tertiary/aromatic N) is 2. The van der Waals surface area contributed by atoms with Crippen molar-refractivity contribution >= 4 is 17.3 Å². The fourth-order valence-corrected chi connectivity index (χ4v) is 2.49. The van der Waals surface area contributed by atoms with Crippen molar-refractivity contribution in [2.45, 2.75) is 26.2 Å². The number of anilines is 2. The number of rotatable bonds is 4. The Morgan fingerprint density at radius 2 is 2.11 bits per heavy atom. The molecular formula is C15H23N3O. The van der Waals surface area contributed by atoms with E-state index in [-0.39, 0.29) is 5.91 Å². The summed E-state index contributed by atoms with van der Waals surface area (Å²) < 4.78 is 0. The lowest BCUT2D eigenvalue weighted by atomic mass is 10.1. The number of fused-ring (bicyclic) bond motifs is 1. The average molecular weight is 261 g/mol. The van der Waals surface area contributed by atoms with Gasteiger partial charge in [0.2, 0.25) is 5.91 Å². The topological polar surface area (TPSA) is 49.6 Å².